The zero-order valence-electron chi connectivity index (χ0n) is 23.3. The van der Waals surface area contributed by atoms with Gasteiger partial charge in [-0.2, -0.15) is 0 Å². The monoisotopic (exact) mass is 598 g/mol. The predicted molar refractivity (Wildman–Crippen MR) is 161 cm³/mol. The number of fused-ring (bicyclic) bond motifs is 4. The van der Waals surface area contributed by atoms with Gasteiger partial charge in [0.1, 0.15) is 12.4 Å². The highest BCUT2D eigenvalue weighted by Crippen LogP contribution is 2.41. The summed E-state index contributed by atoms with van der Waals surface area (Å²) in [4.78, 5) is 15.7. The van der Waals surface area contributed by atoms with E-state index in [4.69, 9.17) is 16.3 Å². The highest BCUT2D eigenvalue weighted by molar-refractivity contribution is 7.90. The van der Waals surface area contributed by atoms with E-state index in [-0.39, 0.29) is 11.8 Å². The number of amides is 1. The maximum Gasteiger partial charge on any atom is 0.264 e. The normalized spacial score (nSPS) is 30.7. The lowest BCUT2D eigenvalue weighted by atomic mass is 9.70. The van der Waals surface area contributed by atoms with Crippen molar-refractivity contribution in [2.75, 3.05) is 18.0 Å². The second-order valence-electron chi connectivity index (χ2n) is 12.1. The van der Waals surface area contributed by atoms with E-state index in [0.717, 1.165) is 69.3 Å². The Morgan fingerprint density at radius 2 is 1.85 bits per heavy atom. The first kappa shape index (κ1) is 28.6. The predicted octanol–water partition coefficient (Wildman–Crippen LogP) is 5.64. The molecule has 5 atom stereocenters. The van der Waals surface area contributed by atoms with Gasteiger partial charge in [0.2, 0.25) is 10.0 Å². The van der Waals surface area contributed by atoms with Crippen LogP contribution in [0.3, 0.4) is 0 Å². The van der Waals surface area contributed by atoms with Crippen LogP contribution in [0.1, 0.15) is 72.9 Å². The van der Waals surface area contributed by atoms with E-state index in [1.165, 1.54) is 5.56 Å². The van der Waals surface area contributed by atoms with Crippen molar-refractivity contribution in [3.05, 3.63) is 70.3 Å². The molecule has 2 fully saturated rings. The summed E-state index contributed by atoms with van der Waals surface area (Å²) < 4.78 is 35.5. The number of hydrogen-bond acceptors (Lipinski definition) is 6. The standard InChI is InChI=1S/C32H39ClN2O5S/c33-26-13-10-25-20-40-30-15-12-23-18-28(30)35(16-2-1-5-22(25)17-26)19-24-11-14-27(24)29(36)8-3-6-21-7-4-9-31(21)41(38,39)34-32(23)37/h3,8,10,12-13,15,17-18,21,24,27,29,31,36H,1-2,4-7,9,11,14,16,19-20H2,(H,34,37)/b8-3+/t21?,24-,27+,29-,31+/m0/s1. The average Bonchev–Trinajstić information content (AvgIpc) is 3.39. The van der Waals surface area contributed by atoms with Crippen molar-refractivity contribution in [2.45, 2.75) is 75.7 Å². The number of nitrogens with zero attached hydrogens (tertiary/aromatic N) is 1. The lowest BCUT2D eigenvalue weighted by molar-refractivity contribution is 0.0461. The largest absolute Gasteiger partial charge is 0.487 e. The number of halogens is 1. The minimum atomic E-state index is -3.86. The molecule has 2 bridgehead atoms. The second kappa shape index (κ2) is 12.0. The first-order valence-electron chi connectivity index (χ1n) is 15.0. The molecule has 6 rings (SSSR count). The van der Waals surface area contributed by atoms with Crippen molar-refractivity contribution in [3.63, 3.8) is 0 Å². The first-order chi connectivity index (χ1) is 19.8. The summed E-state index contributed by atoms with van der Waals surface area (Å²) in [6.45, 7) is 1.86. The third-order valence-electron chi connectivity index (χ3n) is 9.60. The van der Waals surface area contributed by atoms with Gasteiger partial charge in [-0.05, 0) is 111 Å². The Hall–Kier alpha value is -2.55. The zero-order valence-corrected chi connectivity index (χ0v) is 24.9. The van der Waals surface area contributed by atoms with E-state index in [0.29, 0.717) is 41.7 Å². The summed E-state index contributed by atoms with van der Waals surface area (Å²) in [6.07, 6.45) is 10.8. The van der Waals surface area contributed by atoms with Gasteiger partial charge in [0, 0.05) is 23.7 Å². The molecule has 2 N–H and O–H groups in total. The summed E-state index contributed by atoms with van der Waals surface area (Å²) in [7, 11) is -3.86. The Morgan fingerprint density at radius 1 is 0.976 bits per heavy atom. The van der Waals surface area contributed by atoms with Crippen molar-refractivity contribution in [2.24, 2.45) is 17.8 Å². The van der Waals surface area contributed by atoms with Gasteiger partial charge in [-0.25, -0.2) is 13.1 Å². The molecule has 2 aliphatic heterocycles. The van der Waals surface area contributed by atoms with Crippen molar-refractivity contribution in [1.29, 1.82) is 0 Å². The molecule has 4 aliphatic rings. The molecular formula is C32H39ClN2O5S. The van der Waals surface area contributed by atoms with Crippen LogP contribution >= 0.6 is 11.6 Å². The highest BCUT2D eigenvalue weighted by atomic mass is 35.5. The van der Waals surface area contributed by atoms with Crippen molar-refractivity contribution in [1.82, 2.24) is 4.72 Å². The van der Waals surface area contributed by atoms with Crippen molar-refractivity contribution in [3.8, 4) is 5.75 Å². The SMILES string of the molecule is O=C1NS(=O)(=O)[C@@H]2CCCC2C/C=C/[C@H](O)[C@@H]2CC[C@H]2CN2CCCCc3cc(Cl)ccc3COc3ccc1cc32. The Morgan fingerprint density at radius 3 is 2.68 bits per heavy atom. The molecule has 9 heteroatoms. The van der Waals surface area contributed by atoms with Crippen LogP contribution in [0.4, 0.5) is 5.69 Å². The summed E-state index contributed by atoms with van der Waals surface area (Å²) in [5, 5.41) is 11.2. The second-order valence-corrected chi connectivity index (χ2v) is 14.5. The number of rotatable bonds is 0. The number of carbonyl (C=O) groups is 1. The van der Waals surface area contributed by atoms with Gasteiger partial charge < -0.3 is 14.7 Å². The number of aryl methyl sites for hydroxylation is 1. The van der Waals surface area contributed by atoms with Crippen molar-refractivity contribution >= 4 is 33.2 Å². The Bertz CT molecular complexity index is 1430. The van der Waals surface area contributed by atoms with E-state index in [2.05, 4.69) is 9.62 Å². The van der Waals surface area contributed by atoms with Crippen LogP contribution in [-0.4, -0.2) is 43.9 Å². The molecule has 2 aromatic rings. The van der Waals surface area contributed by atoms with Crippen molar-refractivity contribution < 1.29 is 23.1 Å². The molecule has 2 aromatic carbocycles. The third kappa shape index (κ3) is 6.15. The number of hydrogen-bond donors (Lipinski definition) is 2. The van der Waals surface area contributed by atoms with E-state index in [9.17, 15) is 18.3 Å². The molecular weight excluding hydrogens is 560 g/mol. The highest BCUT2D eigenvalue weighted by Gasteiger charge is 2.39. The molecule has 2 aliphatic carbocycles. The van der Waals surface area contributed by atoms with E-state index in [1.807, 2.05) is 30.4 Å². The van der Waals surface area contributed by atoms with Crippen LogP contribution in [0.5, 0.6) is 5.75 Å². The topological polar surface area (TPSA) is 95.9 Å². The van der Waals surface area contributed by atoms with E-state index in [1.54, 1.807) is 18.2 Å². The molecule has 1 amide bonds. The summed E-state index contributed by atoms with van der Waals surface area (Å²) >= 11 is 6.30. The van der Waals surface area contributed by atoms with Gasteiger partial charge in [-0.3, -0.25) is 4.79 Å². The summed E-state index contributed by atoms with van der Waals surface area (Å²) in [5.74, 6) is 0.451. The maximum atomic E-state index is 13.4. The van der Waals surface area contributed by atoms with Crippen LogP contribution in [0.15, 0.2) is 48.6 Å². The van der Waals surface area contributed by atoms with Crippen LogP contribution < -0.4 is 14.4 Å². The number of aliphatic hydroxyl groups is 1. The van der Waals surface area contributed by atoms with E-state index >= 15 is 0 Å². The molecule has 220 valence electrons. The molecule has 41 heavy (non-hydrogen) atoms. The molecule has 0 spiro atoms. The molecule has 0 aromatic heterocycles. The number of aliphatic hydroxyl groups excluding tert-OH is 1. The number of allylic oxidation sites excluding steroid dienone is 1. The smallest absolute Gasteiger partial charge is 0.264 e. The van der Waals surface area contributed by atoms with Gasteiger partial charge in [0.15, 0.2) is 0 Å². The van der Waals surface area contributed by atoms with Gasteiger partial charge in [-0.1, -0.05) is 36.2 Å². The molecule has 2 saturated carbocycles. The van der Waals surface area contributed by atoms with Gasteiger partial charge >= 0.3 is 0 Å². The molecule has 0 radical (unpaired) electrons. The van der Waals surface area contributed by atoms with Crippen LogP contribution in [0, 0.1) is 17.8 Å². The van der Waals surface area contributed by atoms with Gasteiger partial charge in [0.25, 0.3) is 5.91 Å². The number of nitrogens with one attached hydrogen (secondary N) is 1. The Kier molecular flexibility index (Phi) is 8.35. The first-order valence-corrected chi connectivity index (χ1v) is 16.9. The minimum absolute atomic E-state index is 0.0668. The van der Waals surface area contributed by atoms with Gasteiger partial charge in [0.05, 0.1) is 17.0 Å². The molecule has 7 nitrogen and oxygen atoms in total. The lowest BCUT2D eigenvalue weighted by Gasteiger charge is -2.42. The maximum absolute atomic E-state index is 13.4. The molecule has 0 saturated heterocycles. The van der Waals surface area contributed by atoms with E-state index < -0.39 is 27.3 Å². The number of ether oxygens (including phenoxy) is 1. The fourth-order valence-electron chi connectivity index (χ4n) is 7.11. The molecule has 1 unspecified atom stereocenters. The Labute approximate surface area is 248 Å². The van der Waals surface area contributed by atoms with Crippen LogP contribution in [0.25, 0.3) is 0 Å². The zero-order chi connectivity index (χ0) is 28.6. The number of sulfonamides is 1. The number of anilines is 1. The fourth-order valence-corrected chi connectivity index (χ4v) is 9.07. The summed E-state index contributed by atoms with van der Waals surface area (Å²) in [6, 6.07) is 11.1. The fraction of sp³-hybridized carbons (Fsp3) is 0.531. The Balaban J connectivity index is 1.38. The van der Waals surface area contributed by atoms with Gasteiger partial charge in [-0.15, -0.1) is 0 Å². The minimum Gasteiger partial charge on any atom is -0.487 e. The lowest BCUT2D eigenvalue weighted by Crippen LogP contribution is -2.43. The third-order valence-corrected chi connectivity index (χ3v) is 11.7. The molecule has 2 heterocycles. The van der Waals surface area contributed by atoms with Crippen LogP contribution in [0.2, 0.25) is 5.02 Å². The summed E-state index contributed by atoms with van der Waals surface area (Å²) in [5.41, 5.74) is 3.35. The quantitative estimate of drug-likeness (QED) is 0.381. The average molecular weight is 599 g/mol. The number of carbonyl (C=O) groups excluding carboxylic acids is 1. The van der Waals surface area contributed by atoms with Crippen LogP contribution in [-0.2, 0) is 23.1 Å². The number of benzene rings is 2.